The summed E-state index contributed by atoms with van der Waals surface area (Å²) in [7, 11) is 0. The minimum Gasteiger partial charge on any atom is -0.354 e. The molecule has 0 radical (unpaired) electrons. The molecule has 0 saturated heterocycles. The van der Waals surface area contributed by atoms with Crippen molar-refractivity contribution in [3.63, 3.8) is 0 Å². The SMILES string of the molecule is N#CC1=C(Nc2ccc(F)cc2)c2ccccc2CC1. The van der Waals surface area contributed by atoms with Crippen molar-refractivity contribution in [3.05, 3.63) is 71.0 Å². The maximum Gasteiger partial charge on any atom is 0.123 e. The number of fused-ring (bicyclic) bond motifs is 1. The summed E-state index contributed by atoms with van der Waals surface area (Å²) in [6, 6.07) is 16.5. The lowest BCUT2D eigenvalue weighted by Crippen LogP contribution is -2.10. The Morgan fingerprint density at radius 1 is 1.00 bits per heavy atom. The normalized spacial score (nSPS) is 13.6. The number of benzene rings is 2. The van der Waals surface area contributed by atoms with Crippen molar-refractivity contribution in [2.75, 3.05) is 5.32 Å². The fourth-order valence-electron chi connectivity index (χ4n) is 2.46. The van der Waals surface area contributed by atoms with E-state index in [1.54, 1.807) is 12.1 Å². The minimum atomic E-state index is -0.269. The molecule has 0 bridgehead atoms. The van der Waals surface area contributed by atoms with Crippen LogP contribution in [-0.4, -0.2) is 0 Å². The highest BCUT2D eigenvalue weighted by Crippen LogP contribution is 2.31. The molecule has 0 heterocycles. The number of allylic oxidation sites excluding steroid dienone is 1. The molecule has 3 rings (SSSR count). The van der Waals surface area contributed by atoms with Crippen molar-refractivity contribution in [3.8, 4) is 6.07 Å². The number of nitriles is 1. The molecule has 98 valence electrons. The summed E-state index contributed by atoms with van der Waals surface area (Å²) < 4.78 is 13.0. The summed E-state index contributed by atoms with van der Waals surface area (Å²) in [5.41, 5.74) is 4.65. The number of nitrogens with one attached hydrogen (secondary N) is 1. The van der Waals surface area contributed by atoms with Gasteiger partial charge in [0.1, 0.15) is 5.82 Å². The second-order valence-corrected chi connectivity index (χ2v) is 4.75. The Labute approximate surface area is 117 Å². The standard InChI is InChI=1S/C17H13FN2/c18-14-7-9-15(10-8-14)20-17-13(11-19)6-5-12-3-1-2-4-16(12)17/h1-4,7-10,20H,5-6H2. The van der Waals surface area contributed by atoms with Gasteiger partial charge in [-0.15, -0.1) is 0 Å². The van der Waals surface area contributed by atoms with Crippen molar-refractivity contribution in [1.29, 1.82) is 5.26 Å². The number of halogens is 1. The van der Waals surface area contributed by atoms with Gasteiger partial charge in [0.25, 0.3) is 0 Å². The molecule has 20 heavy (non-hydrogen) atoms. The van der Waals surface area contributed by atoms with Gasteiger partial charge >= 0.3 is 0 Å². The van der Waals surface area contributed by atoms with Crippen LogP contribution in [0, 0.1) is 17.1 Å². The Morgan fingerprint density at radius 3 is 2.50 bits per heavy atom. The maximum absolute atomic E-state index is 13.0. The number of rotatable bonds is 2. The second kappa shape index (κ2) is 5.18. The fraction of sp³-hybridized carbons (Fsp3) is 0.118. The molecule has 0 atom stereocenters. The third-order valence-corrected chi connectivity index (χ3v) is 3.48. The quantitative estimate of drug-likeness (QED) is 0.885. The third kappa shape index (κ3) is 2.28. The molecule has 2 aromatic carbocycles. The lowest BCUT2D eigenvalue weighted by atomic mass is 9.89. The predicted octanol–water partition coefficient (Wildman–Crippen LogP) is 4.12. The maximum atomic E-state index is 13.0. The number of hydrogen-bond acceptors (Lipinski definition) is 2. The van der Waals surface area contributed by atoms with E-state index in [9.17, 15) is 9.65 Å². The topological polar surface area (TPSA) is 35.8 Å². The van der Waals surface area contributed by atoms with Gasteiger partial charge in [-0.25, -0.2) is 4.39 Å². The van der Waals surface area contributed by atoms with Crippen LogP contribution in [0.5, 0.6) is 0 Å². The molecule has 2 aromatic rings. The molecule has 3 heteroatoms. The van der Waals surface area contributed by atoms with Crippen LogP contribution < -0.4 is 5.32 Å². The summed E-state index contributed by atoms with van der Waals surface area (Å²) in [6.07, 6.45) is 1.62. The number of anilines is 1. The molecule has 0 spiro atoms. The Hall–Kier alpha value is -2.60. The van der Waals surface area contributed by atoms with Crippen LogP contribution in [0.3, 0.4) is 0 Å². The van der Waals surface area contributed by atoms with E-state index in [2.05, 4.69) is 17.5 Å². The van der Waals surface area contributed by atoms with Gasteiger partial charge in [0, 0.05) is 11.3 Å². The van der Waals surface area contributed by atoms with E-state index < -0.39 is 0 Å². The van der Waals surface area contributed by atoms with Gasteiger partial charge in [0.05, 0.1) is 17.3 Å². The first-order chi connectivity index (χ1) is 9.78. The molecule has 0 saturated carbocycles. The first-order valence-electron chi connectivity index (χ1n) is 6.52. The highest BCUT2D eigenvalue weighted by molar-refractivity contribution is 5.83. The molecule has 1 N–H and O–H groups in total. The van der Waals surface area contributed by atoms with E-state index in [1.165, 1.54) is 17.7 Å². The van der Waals surface area contributed by atoms with E-state index in [-0.39, 0.29) is 5.82 Å². The summed E-state index contributed by atoms with van der Waals surface area (Å²) in [5.74, 6) is -0.269. The van der Waals surface area contributed by atoms with Gasteiger partial charge < -0.3 is 5.32 Å². The van der Waals surface area contributed by atoms with E-state index >= 15 is 0 Å². The first-order valence-corrected chi connectivity index (χ1v) is 6.52. The largest absolute Gasteiger partial charge is 0.354 e. The Balaban J connectivity index is 2.02. The first kappa shape index (κ1) is 12.4. The smallest absolute Gasteiger partial charge is 0.123 e. The van der Waals surface area contributed by atoms with Gasteiger partial charge in [0.15, 0.2) is 0 Å². The van der Waals surface area contributed by atoms with Crippen LogP contribution in [-0.2, 0) is 6.42 Å². The highest BCUT2D eigenvalue weighted by atomic mass is 19.1. The fourth-order valence-corrected chi connectivity index (χ4v) is 2.46. The molecule has 2 nitrogen and oxygen atoms in total. The van der Waals surface area contributed by atoms with Crippen LogP contribution in [0.2, 0.25) is 0 Å². The van der Waals surface area contributed by atoms with E-state index in [0.29, 0.717) is 0 Å². The molecule has 0 aromatic heterocycles. The summed E-state index contributed by atoms with van der Waals surface area (Å²) >= 11 is 0. The molecule has 1 aliphatic carbocycles. The molecule has 0 amide bonds. The molecule has 0 unspecified atom stereocenters. The lowest BCUT2D eigenvalue weighted by molar-refractivity contribution is 0.628. The van der Waals surface area contributed by atoms with Gasteiger partial charge in [-0.3, -0.25) is 0 Å². The van der Waals surface area contributed by atoms with Crippen LogP contribution in [0.15, 0.2) is 54.1 Å². The van der Waals surface area contributed by atoms with Gasteiger partial charge in [-0.2, -0.15) is 5.26 Å². The summed E-state index contributed by atoms with van der Waals surface area (Å²) in [5, 5.41) is 12.6. The van der Waals surface area contributed by atoms with Crippen LogP contribution in [0.1, 0.15) is 17.5 Å². The highest BCUT2D eigenvalue weighted by Gasteiger charge is 2.18. The Morgan fingerprint density at radius 2 is 1.75 bits per heavy atom. The van der Waals surface area contributed by atoms with Gasteiger partial charge in [0.2, 0.25) is 0 Å². The van der Waals surface area contributed by atoms with Crippen molar-refractivity contribution < 1.29 is 4.39 Å². The zero-order chi connectivity index (χ0) is 13.9. The van der Waals surface area contributed by atoms with Crippen molar-refractivity contribution in [2.45, 2.75) is 12.8 Å². The molecule has 0 aliphatic heterocycles. The zero-order valence-electron chi connectivity index (χ0n) is 10.9. The van der Waals surface area contributed by atoms with Crippen LogP contribution in [0.4, 0.5) is 10.1 Å². The van der Waals surface area contributed by atoms with E-state index in [4.69, 9.17) is 0 Å². The molecular formula is C17H13FN2. The van der Waals surface area contributed by atoms with Crippen LogP contribution in [0.25, 0.3) is 5.70 Å². The van der Waals surface area contributed by atoms with E-state index in [1.807, 2.05) is 18.2 Å². The Bertz CT molecular complexity index is 709. The second-order valence-electron chi connectivity index (χ2n) is 4.75. The molecule has 0 fully saturated rings. The van der Waals surface area contributed by atoms with Crippen molar-refractivity contribution >= 4 is 11.4 Å². The monoisotopic (exact) mass is 264 g/mol. The molecular weight excluding hydrogens is 251 g/mol. The average molecular weight is 264 g/mol. The summed E-state index contributed by atoms with van der Waals surface area (Å²) in [4.78, 5) is 0. The molecule has 1 aliphatic rings. The van der Waals surface area contributed by atoms with Crippen LogP contribution >= 0.6 is 0 Å². The zero-order valence-corrected chi connectivity index (χ0v) is 10.9. The van der Waals surface area contributed by atoms with Gasteiger partial charge in [-0.1, -0.05) is 24.3 Å². The summed E-state index contributed by atoms with van der Waals surface area (Å²) in [6.45, 7) is 0. The third-order valence-electron chi connectivity index (χ3n) is 3.48. The van der Waals surface area contributed by atoms with Gasteiger partial charge in [-0.05, 0) is 42.7 Å². The minimum absolute atomic E-state index is 0.269. The number of aryl methyl sites for hydroxylation is 1. The number of nitrogens with zero attached hydrogens (tertiary/aromatic N) is 1. The predicted molar refractivity (Wildman–Crippen MR) is 77.3 cm³/mol. The average Bonchev–Trinajstić information content (AvgIpc) is 2.50. The van der Waals surface area contributed by atoms with Crippen molar-refractivity contribution in [2.24, 2.45) is 0 Å². The Kier molecular flexibility index (Phi) is 3.22. The van der Waals surface area contributed by atoms with Crippen molar-refractivity contribution in [1.82, 2.24) is 0 Å². The van der Waals surface area contributed by atoms with E-state index in [0.717, 1.165) is 35.4 Å². The lowest BCUT2D eigenvalue weighted by Gasteiger charge is -2.21. The number of hydrogen-bond donors (Lipinski definition) is 1.